The normalized spacial score (nSPS) is 11.4. The predicted octanol–water partition coefficient (Wildman–Crippen LogP) is 5.02. The van der Waals surface area contributed by atoms with E-state index in [1.807, 2.05) is 0 Å². The van der Waals surface area contributed by atoms with Crippen molar-refractivity contribution >= 4 is 11.6 Å². The average molecular weight is 375 g/mol. The number of rotatable bonds is 4. The first-order valence-corrected chi connectivity index (χ1v) is 8.07. The minimum Gasteiger partial charge on any atom is -0.461 e. The van der Waals surface area contributed by atoms with Crippen molar-refractivity contribution in [3.8, 4) is 11.3 Å². The van der Waals surface area contributed by atoms with Crippen molar-refractivity contribution in [2.75, 3.05) is 5.32 Å². The van der Waals surface area contributed by atoms with E-state index in [0.717, 1.165) is 12.1 Å². The molecule has 140 valence electrons. The van der Waals surface area contributed by atoms with E-state index >= 15 is 0 Å². The van der Waals surface area contributed by atoms with Gasteiger partial charge in [0.05, 0.1) is 17.7 Å². The van der Waals surface area contributed by atoms with Gasteiger partial charge in [-0.3, -0.25) is 4.79 Å². The van der Waals surface area contributed by atoms with E-state index < -0.39 is 17.6 Å². The third-order valence-corrected chi connectivity index (χ3v) is 4.03. The highest BCUT2D eigenvalue weighted by molar-refractivity contribution is 6.05. The van der Waals surface area contributed by atoms with E-state index in [2.05, 4.69) is 5.32 Å². The van der Waals surface area contributed by atoms with Gasteiger partial charge in [-0.15, -0.1) is 0 Å². The molecular weight excluding hydrogens is 359 g/mol. The van der Waals surface area contributed by atoms with Gasteiger partial charge < -0.3 is 14.8 Å². The van der Waals surface area contributed by atoms with E-state index in [1.54, 1.807) is 31.2 Å². The summed E-state index contributed by atoms with van der Waals surface area (Å²) in [5.41, 5.74) is 1.13. The number of aliphatic hydroxyl groups is 1. The van der Waals surface area contributed by atoms with Crippen LogP contribution in [0.2, 0.25) is 0 Å². The van der Waals surface area contributed by atoms with E-state index in [0.29, 0.717) is 28.3 Å². The first-order valence-electron chi connectivity index (χ1n) is 8.07. The van der Waals surface area contributed by atoms with E-state index in [9.17, 15) is 18.0 Å². The van der Waals surface area contributed by atoms with Crippen LogP contribution in [0.4, 0.5) is 18.9 Å². The molecule has 0 bridgehead atoms. The van der Waals surface area contributed by atoms with Gasteiger partial charge in [0.1, 0.15) is 11.5 Å². The second kappa shape index (κ2) is 7.28. The first-order chi connectivity index (χ1) is 12.8. The van der Waals surface area contributed by atoms with Gasteiger partial charge in [0.2, 0.25) is 0 Å². The van der Waals surface area contributed by atoms with Gasteiger partial charge in [-0.2, -0.15) is 13.2 Å². The molecule has 0 aliphatic rings. The maximum Gasteiger partial charge on any atom is 0.416 e. The lowest BCUT2D eigenvalue weighted by Gasteiger charge is -2.06. The molecule has 0 saturated carbocycles. The molecule has 4 nitrogen and oxygen atoms in total. The maximum absolute atomic E-state index is 12.7. The minimum atomic E-state index is -4.41. The van der Waals surface area contributed by atoms with Crippen molar-refractivity contribution in [1.82, 2.24) is 0 Å². The smallest absolute Gasteiger partial charge is 0.416 e. The summed E-state index contributed by atoms with van der Waals surface area (Å²) >= 11 is 0. The average Bonchev–Trinajstić information content (AvgIpc) is 3.03. The van der Waals surface area contributed by atoms with Crippen molar-refractivity contribution < 1.29 is 27.5 Å². The highest BCUT2D eigenvalue weighted by Crippen LogP contribution is 2.32. The zero-order valence-corrected chi connectivity index (χ0v) is 14.3. The largest absolute Gasteiger partial charge is 0.461 e. The van der Waals surface area contributed by atoms with Gasteiger partial charge >= 0.3 is 6.18 Å². The summed E-state index contributed by atoms with van der Waals surface area (Å²) in [6, 6.07) is 12.8. The zero-order chi connectivity index (χ0) is 19.6. The Balaban J connectivity index is 1.82. The van der Waals surface area contributed by atoms with Crippen LogP contribution in [-0.4, -0.2) is 11.0 Å². The standard InChI is InChI=1S/C20H16F3NO3/c1-12-17(19(26)24-16-4-2-3-13(9-16)11-25)10-18(27-12)14-5-7-15(8-6-14)20(21,22)23/h2-10,25H,11H2,1H3,(H,24,26). The Labute approximate surface area is 153 Å². The van der Waals surface area contributed by atoms with Crippen molar-refractivity contribution in [2.45, 2.75) is 19.7 Å². The molecule has 0 saturated heterocycles. The van der Waals surface area contributed by atoms with Crippen LogP contribution in [0.1, 0.15) is 27.2 Å². The van der Waals surface area contributed by atoms with Crippen LogP contribution in [0, 0.1) is 6.92 Å². The Kier molecular flexibility index (Phi) is 5.05. The predicted molar refractivity (Wildman–Crippen MR) is 94.2 cm³/mol. The number of aryl methyl sites for hydroxylation is 1. The Bertz CT molecular complexity index is 959. The highest BCUT2D eigenvalue weighted by Gasteiger charge is 2.30. The number of hydrogen-bond donors (Lipinski definition) is 2. The van der Waals surface area contributed by atoms with Crippen LogP contribution in [0.5, 0.6) is 0 Å². The molecule has 1 amide bonds. The number of carbonyl (C=O) groups is 1. The molecule has 3 rings (SSSR count). The Morgan fingerprint density at radius 1 is 1.11 bits per heavy atom. The van der Waals surface area contributed by atoms with E-state index in [-0.39, 0.29) is 12.2 Å². The molecule has 0 aliphatic heterocycles. The summed E-state index contributed by atoms with van der Waals surface area (Å²) in [6.07, 6.45) is -4.41. The molecule has 2 N–H and O–H groups in total. The summed E-state index contributed by atoms with van der Waals surface area (Å²) in [5.74, 6) is 0.237. The van der Waals surface area contributed by atoms with Gasteiger partial charge in [0.15, 0.2) is 0 Å². The number of amides is 1. The molecule has 0 radical (unpaired) electrons. The van der Waals surface area contributed by atoms with Crippen molar-refractivity contribution in [2.24, 2.45) is 0 Å². The molecule has 2 aromatic carbocycles. The second-order valence-corrected chi connectivity index (χ2v) is 5.97. The molecule has 27 heavy (non-hydrogen) atoms. The maximum atomic E-state index is 12.7. The molecule has 0 unspecified atom stereocenters. The Morgan fingerprint density at radius 2 is 1.81 bits per heavy atom. The second-order valence-electron chi connectivity index (χ2n) is 5.97. The highest BCUT2D eigenvalue weighted by atomic mass is 19.4. The fourth-order valence-electron chi connectivity index (χ4n) is 2.62. The van der Waals surface area contributed by atoms with Crippen molar-refractivity contribution in [1.29, 1.82) is 0 Å². The van der Waals surface area contributed by atoms with Gasteiger partial charge in [-0.1, -0.05) is 24.3 Å². The van der Waals surface area contributed by atoms with Crippen LogP contribution in [0.25, 0.3) is 11.3 Å². The van der Waals surface area contributed by atoms with Crippen molar-refractivity contribution in [3.63, 3.8) is 0 Å². The number of nitrogens with one attached hydrogen (secondary N) is 1. The third-order valence-electron chi connectivity index (χ3n) is 4.03. The van der Waals surface area contributed by atoms with Crippen LogP contribution in [-0.2, 0) is 12.8 Å². The van der Waals surface area contributed by atoms with Crippen LogP contribution in [0.15, 0.2) is 59.0 Å². The monoisotopic (exact) mass is 375 g/mol. The fraction of sp³-hybridized carbons (Fsp3) is 0.150. The van der Waals surface area contributed by atoms with E-state index in [4.69, 9.17) is 9.52 Å². The van der Waals surface area contributed by atoms with Gasteiger partial charge in [0, 0.05) is 11.3 Å². The minimum absolute atomic E-state index is 0.146. The van der Waals surface area contributed by atoms with Gasteiger partial charge in [-0.05, 0) is 42.8 Å². The molecule has 1 aromatic heterocycles. The lowest BCUT2D eigenvalue weighted by molar-refractivity contribution is -0.137. The lowest BCUT2D eigenvalue weighted by atomic mass is 10.1. The number of anilines is 1. The molecular formula is C20H16F3NO3. The number of aliphatic hydroxyl groups excluding tert-OH is 1. The van der Waals surface area contributed by atoms with Crippen LogP contribution in [0.3, 0.4) is 0 Å². The summed E-state index contributed by atoms with van der Waals surface area (Å²) in [7, 11) is 0. The summed E-state index contributed by atoms with van der Waals surface area (Å²) in [5, 5.41) is 11.9. The summed E-state index contributed by atoms with van der Waals surface area (Å²) in [6.45, 7) is 1.46. The molecule has 0 aliphatic carbocycles. The number of hydrogen-bond acceptors (Lipinski definition) is 3. The quantitative estimate of drug-likeness (QED) is 0.673. The van der Waals surface area contributed by atoms with Gasteiger partial charge in [-0.25, -0.2) is 0 Å². The van der Waals surface area contributed by atoms with Crippen LogP contribution >= 0.6 is 0 Å². The number of benzene rings is 2. The molecule has 3 aromatic rings. The lowest BCUT2D eigenvalue weighted by Crippen LogP contribution is -2.12. The Hall–Kier alpha value is -3.06. The molecule has 0 fully saturated rings. The number of alkyl halides is 3. The topological polar surface area (TPSA) is 62.5 Å². The van der Waals surface area contributed by atoms with E-state index in [1.165, 1.54) is 18.2 Å². The molecule has 0 atom stereocenters. The van der Waals surface area contributed by atoms with Crippen molar-refractivity contribution in [3.05, 3.63) is 77.0 Å². The summed E-state index contributed by atoms with van der Waals surface area (Å²) in [4.78, 5) is 12.5. The zero-order valence-electron chi connectivity index (χ0n) is 14.3. The molecule has 1 heterocycles. The third kappa shape index (κ3) is 4.20. The van der Waals surface area contributed by atoms with Gasteiger partial charge in [0.25, 0.3) is 5.91 Å². The molecule has 0 spiro atoms. The Morgan fingerprint density at radius 3 is 2.44 bits per heavy atom. The number of halogens is 3. The first kappa shape index (κ1) is 18.7. The number of furan rings is 1. The fourth-order valence-corrected chi connectivity index (χ4v) is 2.62. The molecule has 7 heteroatoms. The number of carbonyl (C=O) groups excluding carboxylic acids is 1. The van der Waals surface area contributed by atoms with Crippen LogP contribution < -0.4 is 5.32 Å². The SMILES string of the molecule is Cc1oc(-c2ccc(C(F)(F)F)cc2)cc1C(=O)Nc1cccc(CO)c1. The summed E-state index contributed by atoms with van der Waals surface area (Å²) < 4.78 is 43.5.